The number of carbonyl (C=O) groups is 1. The summed E-state index contributed by atoms with van der Waals surface area (Å²) in [6.45, 7) is 3.76. The number of nitrogens with two attached hydrogens (primary N) is 1. The molecule has 25 heavy (non-hydrogen) atoms. The molecule has 0 aliphatic heterocycles. The molecule has 1 aromatic carbocycles. The first-order valence-electron chi connectivity index (χ1n) is 7.91. The molecule has 2 heterocycles. The molecule has 0 bridgehead atoms. The summed E-state index contributed by atoms with van der Waals surface area (Å²) in [7, 11) is 0. The maximum absolute atomic E-state index is 11.5. The Bertz CT molecular complexity index is 906. The molecule has 0 aliphatic carbocycles. The molecule has 0 spiro atoms. The number of pyridine rings is 1. The van der Waals surface area contributed by atoms with E-state index in [1.54, 1.807) is 6.20 Å². The summed E-state index contributed by atoms with van der Waals surface area (Å²) in [6.07, 6.45) is 2.19. The van der Waals surface area contributed by atoms with E-state index in [4.69, 9.17) is 5.73 Å². The number of nitrogens with one attached hydrogen (secondary N) is 2. The normalized spacial score (nSPS) is 10.5. The molecule has 1 amide bonds. The minimum Gasteiger partial charge on any atom is -0.375 e. The Morgan fingerprint density at radius 3 is 2.76 bits per heavy atom. The van der Waals surface area contributed by atoms with Gasteiger partial charge in [-0.1, -0.05) is 24.3 Å². The highest BCUT2D eigenvalue weighted by atomic mass is 32.1. The fourth-order valence-corrected chi connectivity index (χ4v) is 3.23. The largest absolute Gasteiger partial charge is 0.375 e. The number of anilines is 4. The van der Waals surface area contributed by atoms with Gasteiger partial charge in [0.15, 0.2) is 5.13 Å². The van der Waals surface area contributed by atoms with Crippen molar-refractivity contribution in [2.45, 2.75) is 20.3 Å². The summed E-state index contributed by atoms with van der Waals surface area (Å²) in [5.74, 6) is 0.693. The van der Waals surface area contributed by atoms with Crippen molar-refractivity contribution in [3.8, 4) is 10.4 Å². The van der Waals surface area contributed by atoms with Crippen LogP contribution in [0.2, 0.25) is 0 Å². The third kappa shape index (κ3) is 4.13. The Morgan fingerprint density at radius 1 is 1.24 bits per heavy atom. The van der Waals surface area contributed by atoms with Crippen molar-refractivity contribution >= 4 is 39.6 Å². The van der Waals surface area contributed by atoms with E-state index < -0.39 is 0 Å². The fourth-order valence-electron chi connectivity index (χ4n) is 2.40. The highest BCUT2D eigenvalue weighted by Gasteiger charge is 2.09. The molecular formula is C18H19N5OS. The Morgan fingerprint density at radius 2 is 2.04 bits per heavy atom. The zero-order valence-corrected chi connectivity index (χ0v) is 14.9. The Labute approximate surface area is 150 Å². The van der Waals surface area contributed by atoms with E-state index >= 15 is 0 Å². The summed E-state index contributed by atoms with van der Waals surface area (Å²) in [5, 5.41) is 6.66. The number of nitrogens with zero attached hydrogens (tertiary/aromatic N) is 2. The number of hydrogen-bond donors (Lipinski definition) is 3. The zero-order valence-electron chi connectivity index (χ0n) is 14.0. The third-order valence-corrected chi connectivity index (χ3v) is 4.61. The van der Waals surface area contributed by atoms with Crippen LogP contribution in [0.1, 0.15) is 19.0 Å². The molecule has 0 unspecified atom stereocenters. The van der Waals surface area contributed by atoms with Gasteiger partial charge in [-0.25, -0.2) is 9.97 Å². The van der Waals surface area contributed by atoms with Crippen LogP contribution in [0, 0.1) is 6.92 Å². The second kappa shape index (κ2) is 7.31. The van der Waals surface area contributed by atoms with Crippen LogP contribution >= 0.6 is 11.3 Å². The lowest BCUT2D eigenvalue weighted by Gasteiger charge is -2.09. The number of amides is 1. The van der Waals surface area contributed by atoms with Gasteiger partial charge in [0, 0.05) is 24.0 Å². The van der Waals surface area contributed by atoms with Gasteiger partial charge in [-0.3, -0.25) is 4.79 Å². The number of benzene rings is 1. The van der Waals surface area contributed by atoms with Crippen molar-refractivity contribution < 1.29 is 4.79 Å². The second-order valence-electron chi connectivity index (χ2n) is 5.50. The van der Waals surface area contributed by atoms with Crippen LogP contribution in [-0.4, -0.2) is 15.9 Å². The zero-order chi connectivity index (χ0) is 17.8. The van der Waals surface area contributed by atoms with E-state index in [2.05, 4.69) is 20.6 Å². The van der Waals surface area contributed by atoms with Gasteiger partial charge in [0.1, 0.15) is 5.82 Å². The SMILES string of the molecule is CCC(=O)Nc1cccc(Nc2cc(-c3sc(N)nc3C)ccn2)c1. The van der Waals surface area contributed by atoms with Crippen molar-refractivity contribution in [3.05, 3.63) is 48.3 Å². The molecule has 7 heteroatoms. The predicted molar refractivity (Wildman–Crippen MR) is 103 cm³/mol. The van der Waals surface area contributed by atoms with Gasteiger partial charge < -0.3 is 16.4 Å². The molecule has 2 aromatic heterocycles. The van der Waals surface area contributed by atoms with Gasteiger partial charge in [0.25, 0.3) is 0 Å². The minimum absolute atomic E-state index is 0.0180. The first-order valence-corrected chi connectivity index (χ1v) is 8.73. The van der Waals surface area contributed by atoms with E-state index in [0.29, 0.717) is 17.4 Å². The van der Waals surface area contributed by atoms with E-state index in [9.17, 15) is 4.79 Å². The van der Waals surface area contributed by atoms with Gasteiger partial charge in [0.05, 0.1) is 10.6 Å². The van der Waals surface area contributed by atoms with E-state index in [-0.39, 0.29) is 5.91 Å². The lowest BCUT2D eigenvalue weighted by atomic mass is 10.2. The molecule has 0 aliphatic rings. The summed E-state index contributed by atoms with van der Waals surface area (Å²) >= 11 is 1.46. The number of rotatable bonds is 5. The number of thiazole rings is 1. The topological polar surface area (TPSA) is 92.9 Å². The van der Waals surface area contributed by atoms with Crippen molar-refractivity contribution in [2.75, 3.05) is 16.4 Å². The highest BCUT2D eigenvalue weighted by Crippen LogP contribution is 2.32. The summed E-state index contributed by atoms with van der Waals surface area (Å²) < 4.78 is 0. The third-order valence-electron chi connectivity index (χ3n) is 3.58. The number of nitrogen functional groups attached to an aromatic ring is 1. The fraction of sp³-hybridized carbons (Fsp3) is 0.167. The first kappa shape index (κ1) is 16.9. The van der Waals surface area contributed by atoms with Crippen LogP contribution in [0.5, 0.6) is 0 Å². The number of carbonyl (C=O) groups excluding carboxylic acids is 1. The standard InChI is InChI=1S/C18H19N5OS/c1-3-16(24)23-14-6-4-5-13(10-14)22-15-9-12(7-8-20-15)17-11(2)21-18(19)25-17/h4-10H,3H2,1-2H3,(H2,19,21)(H,20,22)(H,23,24). The van der Waals surface area contributed by atoms with Crippen molar-refractivity contribution in [2.24, 2.45) is 0 Å². The van der Waals surface area contributed by atoms with E-state index in [0.717, 1.165) is 27.5 Å². The summed E-state index contributed by atoms with van der Waals surface area (Å²) in [5.41, 5.74) is 9.30. The number of hydrogen-bond acceptors (Lipinski definition) is 6. The van der Waals surface area contributed by atoms with Gasteiger partial charge >= 0.3 is 0 Å². The summed E-state index contributed by atoms with van der Waals surface area (Å²) in [6, 6.07) is 11.4. The van der Waals surface area contributed by atoms with Crippen LogP contribution < -0.4 is 16.4 Å². The molecule has 0 atom stereocenters. The molecule has 3 aromatic rings. The minimum atomic E-state index is -0.0180. The van der Waals surface area contributed by atoms with Crippen LogP contribution in [-0.2, 0) is 4.79 Å². The van der Waals surface area contributed by atoms with Crippen molar-refractivity contribution in [3.63, 3.8) is 0 Å². The number of aryl methyl sites for hydroxylation is 1. The monoisotopic (exact) mass is 353 g/mol. The second-order valence-corrected chi connectivity index (χ2v) is 6.53. The molecule has 0 saturated carbocycles. The molecule has 128 valence electrons. The lowest BCUT2D eigenvalue weighted by molar-refractivity contribution is -0.115. The van der Waals surface area contributed by atoms with Crippen molar-refractivity contribution in [1.29, 1.82) is 0 Å². The Hall–Kier alpha value is -2.93. The summed E-state index contributed by atoms with van der Waals surface area (Å²) in [4.78, 5) is 21.2. The maximum atomic E-state index is 11.5. The van der Waals surface area contributed by atoms with E-state index in [1.165, 1.54) is 11.3 Å². The van der Waals surface area contributed by atoms with Gasteiger partial charge in [-0.15, -0.1) is 0 Å². The van der Waals surface area contributed by atoms with Gasteiger partial charge in [-0.2, -0.15) is 0 Å². The van der Waals surface area contributed by atoms with Crippen LogP contribution in [0.15, 0.2) is 42.6 Å². The molecule has 0 saturated heterocycles. The highest BCUT2D eigenvalue weighted by molar-refractivity contribution is 7.18. The molecule has 3 rings (SSSR count). The van der Waals surface area contributed by atoms with Gasteiger partial charge in [-0.05, 0) is 42.8 Å². The smallest absolute Gasteiger partial charge is 0.224 e. The quantitative estimate of drug-likeness (QED) is 0.639. The van der Waals surface area contributed by atoms with E-state index in [1.807, 2.05) is 50.2 Å². The Kier molecular flexibility index (Phi) is 4.95. The first-order chi connectivity index (χ1) is 12.0. The van der Waals surface area contributed by atoms with Crippen LogP contribution in [0.3, 0.4) is 0 Å². The van der Waals surface area contributed by atoms with Crippen LogP contribution in [0.25, 0.3) is 10.4 Å². The van der Waals surface area contributed by atoms with Gasteiger partial charge in [0.2, 0.25) is 5.91 Å². The average molecular weight is 353 g/mol. The molecular weight excluding hydrogens is 334 g/mol. The Balaban J connectivity index is 1.82. The average Bonchev–Trinajstić information content (AvgIpc) is 2.94. The predicted octanol–water partition coefficient (Wildman–Crippen LogP) is 4.19. The lowest BCUT2D eigenvalue weighted by Crippen LogP contribution is -2.09. The molecule has 0 fully saturated rings. The number of aromatic nitrogens is 2. The molecule has 6 nitrogen and oxygen atoms in total. The van der Waals surface area contributed by atoms with Crippen LogP contribution in [0.4, 0.5) is 22.3 Å². The molecule has 0 radical (unpaired) electrons. The maximum Gasteiger partial charge on any atom is 0.224 e. The molecule has 4 N–H and O–H groups in total. The van der Waals surface area contributed by atoms with Crippen molar-refractivity contribution in [1.82, 2.24) is 9.97 Å².